The average molecular weight is 366 g/mol. The monoisotopic (exact) mass is 366 g/mol. The summed E-state index contributed by atoms with van der Waals surface area (Å²) in [6.07, 6.45) is 7.50. The number of nitrogens with zero attached hydrogens (tertiary/aromatic N) is 2. The predicted molar refractivity (Wildman–Crippen MR) is 95.9 cm³/mol. The summed E-state index contributed by atoms with van der Waals surface area (Å²) in [5.41, 5.74) is 2.37. The summed E-state index contributed by atoms with van der Waals surface area (Å²) in [4.78, 5) is 8.49. The van der Waals surface area contributed by atoms with Gasteiger partial charge in [0.1, 0.15) is 0 Å². The van der Waals surface area contributed by atoms with Crippen molar-refractivity contribution in [3.05, 3.63) is 58.7 Å². The molecule has 0 N–H and O–H groups in total. The number of hydrogen-bond donors (Lipinski definition) is 0. The number of alkyl halides is 3. The first kappa shape index (κ1) is 19.8. The van der Waals surface area contributed by atoms with Crippen molar-refractivity contribution in [2.45, 2.75) is 26.6 Å². The van der Waals surface area contributed by atoms with Gasteiger partial charge in [0.05, 0.1) is 12.8 Å². The van der Waals surface area contributed by atoms with Crippen LogP contribution in [0.4, 0.5) is 13.2 Å². The third-order valence-corrected chi connectivity index (χ3v) is 3.81. The second-order valence-corrected chi connectivity index (χ2v) is 5.60. The van der Waals surface area contributed by atoms with Gasteiger partial charge in [-0.25, -0.2) is 0 Å². The van der Waals surface area contributed by atoms with Crippen molar-refractivity contribution in [2.24, 2.45) is 15.9 Å². The maximum atomic E-state index is 12.8. The molecule has 0 spiro atoms. The van der Waals surface area contributed by atoms with E-state index in [0.29, 0.717) is 18.7 Å². The van der Waals surface area contributed by atoms with E-state index in [0.717, 1.165) is 11.1 Å². The Bertz CT molecular complexity index is 738. The third kappa shape index (κ3) is 5.47. The van der Waals surface area contributed by atoms with Crippen LogP contribution in [0.2, 0.25) is 0 Å². The molecular weight excluding hydrogens is 345 g/mol. The van der Waals surface area contributed by atoms with E-state index in [4.69, 9.17) is 4.74 Å². The van der Waals surface area contributed by atoms with E-state index >= 15 is 0 Å². The molecule has 7 heteroatoms. The lowest BCUT2D eigenvalue weighted by Gasteiger charge is -2.17. The first-order valence-corrected chi connectivity index (χ1v) is 8.19. The van der Waals surface area contributed by atoms with Crippen LogP contribution in [0.5, 0.6) is 0 Å². The van der Waals surface area contributed by atoms with Crippen LogP contribution >= 0.6 is 0 Å². The van der Waals surface area contributed by atoms with Crippen LogP contribution in [0.25, 0.3) is 0 Å². The molecule has 0 aromatic heterocycles. The Morgan fingerprint density at radius 2 is 2.08 bits per heavy atom. The zero-order valence-electron chi connectivity index (χ0n) is 14.9. The van der Waals surface area contributed by atoms with Gasteiger partial charge in [-0.3, -0.25) is 9.98 Å². The van der Waals surface area contributed by atoms with Gasteiger partial charge in [-0.15, -0.1) is 13.2 Å². The maximum Gasteiger partial charge on any atom is 0.573 e. The van der Waals surface area contributed by atoms with Gasteiger partial charge in [-0.05, 0) is 44.1 Å². The largest absolute Gasteiger partial charge is 0.573 e. The molecule has 0 fully saturated rings. The second kappa shape index (κ2) is 8.69. The molecule has 0 saturated heterocycles. The summed E-state index contributed by atoms with van der Waals surface area (Å²) >= 11 is 0. The summed E-state index contributed by atoms with van der Waals surface area (Å²) in [5.74, 6) is -0.796. The molecule has 1 unspecified atom stereocenters. The number of aliphatic imine (C=N–C) groups is 2. The molecule has 0 aromatic rings. The molecule has 2 rings (SSSR count). The normalized spacial score (nSPS) is 20.7. The highest BCUT2D eigenvalue weighted by Crippen LogP contribution is 2.34. The average Bonchev–Trinajstić information content (AvgIpc) is 2.86. The highest BCUT2D eigenvalue weighted by molar-refractivity contribution is 5.81. The second-order valence-electron chi connectivity index (χ2n) is 5.60. The lowest BCUT2D eigenvalue weighted by Crippen LogP contribution is -2.15. The van der Waals surface area contributed by atoms with E-state index in [1.165, 1.54) is 19.3 Å². The van der Waals surface area contributed by atoms with Crippen LogP contribution in [-0.2, 0) is 9.47 Å². The molecule has 1 atom stereocenters. The Hall–Kier alpha value is -2.57. The van der Waals surface area contributed by atoms with Crippen molar-refractivity contribution < 1.29 is 22.6 Å². The van der Waals surface area contributed by atoms with Gasteiger partial charge >= 0.3 is 6.36 Å². The van der Waals surface area contributed by atoms with E-state index < -0.39 is 12.3 Å². The minimum absolute atomic E-state index is 0.0201. The lowest BCUT2D eigenvalue weighted by molar-refractivity contribution is -0.305. The van der Waals surface area contributed by atoms with E-state index in [2.05, 4.69) is 14.7 Å². The summed E-state index contributed by atoms with van der Waals surface area (Å²) in [5, 5.41) is 0. The Morgan fingerprint density at radius 1 is 1.31 bits per heavy atom. The molecule has 0 aromatic carbocycles. The quantitative estimate of drug-likeness (QED) is 0.628. The number of hydrogen-bond acceptors (Lipinski definition) is 4. The van der Waals surface area contributed by atoms with Crippen LogP contribution in [0.3, 0.4) is 0 Å². The number of allylic oxidation sites excluding steroid dienone is 7. The lowest BCUT2D eigenvalue weighted by atomic mass is 9.92. The fourth-order valence-electron chi connectivity index (χ4n) is 2.57. The molecule has 0 amide bonds. The van der Waals surface area contributed by atoms with Gasteiger partial charge in [-0.1, -0.05) is 11.6 Å². The molecule has 26 heavy (non-hydrogen) atoms. The molecule has 4 nitrogen and oxygen atoms in total. The van der Waals surface area contributed by atoms with E-state index in [9.17, 15) is 13.2 Å². The summed E-state index contributed by atoms with van der Waals surface area (Å²) in [6.45, 7) is 4.49. The molecule has 0 radical (unpaired) electrons. The smallest absolute Gasteiger partial charge is 0.493 e. The van der Waals surface area contributed by atoms with E-state index in [1.54, 1.807) is 18.5 Å². The highest BCUT2D eigenvalue weighted by Gasteiger charge is 2.34. The van der Waals surface area contributed by atoms with Crippen molar-refractivity contribution in [3.63, 3.8) is 0 Å². The van der Waals surface area contributed by atoms with Crippen LogP contribution < -0.4 is 0 Å². The SMILES string of the molecule is C/C=C(\C=N/CC)CC1=CC=NC2=CC1C=C(OC(F)(F)F)C(OC)=C2. The number of halogens is 3. The Labute approximate surface area is 150 Å². The molecule has 1 aliphatic carbocycles. The number of methoxy groups -OCH3 is 1. The van der Waals surface area contributed by atoms with Crippen molar-refractivity contribution in [2.75, 3.05) is 13.7 Å². The molecule has 0 saturated carbocycles. The highest BCUT2D eigenvalue weighted by atomic mass is 19.4. The summed E-state index contributed by atoms with van der Waals surface area (Å²) < 4.78 is 47.6. The van der Waals surface area contributed by atoms with Gasteiger partial charge in [0, 0.05) is 31.0 Å². The topological polar surface area (TPSA) is 43.2 Å². The molecule has 1 heterocycles. The molecular formula is C19H21F3N2O2. The number of ether oxygens (including phenoxy) is 2. The van der Waals surface area contributed by atoms with Crippen LogP contribution in [-0.4, -0.2) is 32.4 Å². The van der Waals surface area contributed by atoms with Gasteiger partial charge in [0.2, 0.25) is 0 Å². The van der Waals surface area contributed by atoms with E-state index in [1.807, 2.05) is 26.0 Å². The van der Waals surface area contributed by atoms with Crippen LogP contribution in [0.15, 0.2) is 68.7 Å². The fraction of sp³-hybridized carbons (Fsp3) is 0.368. The predicted octanol–water partition coefficient (Wildman–Crippen LogP) is 4.89. The molecule has 1 aliphatic heterocycles. The van der Waals surface area contributed by atoms with Crippen LogP contribution in [0.1, 0.15) is 20.3 Å². The Balaban J connectivity index is 2.37. The maximum absolute atomic E-state index is 12.8. The summed E-state index contributed by atoms with van der Waals surface area (Å²) in [6, 6.07) is 0. The fourth-order valence-corrected chi connectivity index (χ4v) is 2.57. The Morgan fingerprint density at radius 3 is 2.69 bits per heavy atom. The standard InChI is InChI=1S/C19H21F3N2O2/c1-4-13(12-23-5-2)8-14-6-7-24-16-9-15(14)10-18(17(11-16)25-3)26-19(20,21)22/h4,6-7,9-12,15H,5,8H2,1-3H3/b13-4-,23-12-. The number of fused-ring (bicyclic) bond motifs is 1. The first-order valence-electron chi connectivity index (χ1n) is 8.19. The Kier molecular flexibility index (Phi) is 6.60. The zero-order valence-corrected chi connectivity index (χ0v) is 14.9. The van der Waals surface area contributed by atoms with Crippen LogP contribution in [0, 0.1) is 5.92 Å². The first-order chi connectivity index (χ1) is 12.4. The minimum atomic E-state index is -4.81. The van der Waals surface area contributed by atoms with E-state index in [-0.39, 0.29) is 11.5 Å². The van der Waals surface area contributed by atoms with Gasteiger partial charge in [0.15, 0.2) is 11.5 Å². The number of rotatable bonds is 6. The van der Waals surface area contributed by atoms with Crippen molar-refractivity contribution in [3.8, 4) is 0 Å². The summed E-state index contributed by atoms with van der Waals surface area (Å²) in [7, 11) is 1.29. The zero-order chi connectivity index (χ0) is 19.2. The molecule has 140 valence electrons. The van der Waals surface area contributed by atoms with Crippen molar-refractivity contribution in [1.29, 1.82) is 0 Å². The van der Waals surface area contributed by atoms with Crippen molar-refractivity contribution in [1.82, 2.24) is 0 Å². The van der Waals surface area contributed by atoms with Crippen molar-refractivity contribution >= 4 is 12.4 Å². The molecule has 2 bridgehead atoms. The van der Waals surface area contributed by atoms with Gasteiger partial charge < -0.3 is 9.47 Å². The minimum Gasteiger partial charge on any atom is -0.493 e. The third-order valence-electron chi connectivity index (χ3n) is 3.81. The molecule has 2 aliphatic rings. The van der Waals surface area contributed by atoms with Gasteiger partial charge in [-0.2, -0.15) is 0 Å². The van der Waals surface area contributed by atoms with Gasteiger partial charge in [0.25, 0.3) is 0 Å².